The third-order valence-electron chi connectivity index (χ3n) is 3.79. The molecule has 0 aliphatic carbocycles. The van der Waals surface area contributed by atoms with Crippen LogP contribution in [-0.4, -0.2) is 15.2 Å². The summed E-state index contributed by atoms with van der Waals surface area (Å²) in [6.07, 6.45) is 1.79. The minimum absolute atomic E-state index is 0.594. The van der Waals surface area contributed by atoms with Gasteiger partial charge < -0.3 is 9.73 Å². The highest BCUT2D eigenvalue weighted by Crippen LogP contribution is 2.39. The summed E-state index contributed by atoms with van der Waals surface area (Å²) in [5.41, 5.74) is 4.58. The number of benzene rings is 1. The number of H-pyrrole nitrogens is 1. The van der Waals surface area contributed by atoms with Gasteiger partial charge in [0.1, 0.15) is 5.82 Å². The van der Waals surface area contributed by atoms with Crippen LogP contribution in [0.1, 0.15) is 11.3 Å². The quantitative estimate of drug-likeness (QED) is 0.581. The molecule has 0 amide bonds. The Labute approximate surface area is 133 Å². The SMILES string of the molecule is Cc1ccnc(Nc2c(-c3ccccc3)oc3n[nH]c(C)c23)c1. The van der Waals surface area contributed by atoms with Gasteiger partial charge in [-0.2, -0.15) is 0 Å². The third kappa shape index (κ3) is 2.36. The second-order valence-electron chi connectivity index (χ2n) is 5.54. The Morgan fingerprint density at radius 1 is 1.09 bits per heavy atom. The molecule has 23 heavy (non-hydrogen) atoms. The van der Waals surface area contributed by atoms with Gasteiger partial charge in [-0.1, -0.05) is 30.3 Å². The Kier molecular flexibility index (Phi) is 3.12. The van der Waals surface area contributed by atoms with Gasteiger partial charge >= 0.3 is 0 Å². The van der Waals surface area contributed by atoms with Crippen LogP contribution in [0.25, 0.3) is 22.4 Å². The van der Waals surface area contributed by atoms with E-state index in [0.717, 1.165) is 39.5 Å². The molecule has 5 nitrogen and oxygen atoms in total. The zero-order valence-corrected chi connectivity index (χ0v) is 12.9. The molecule has 0 aliphatic heterocycles. The van der Waals surface area contributed by atoms with Crippen molar-refractivity contribution in [2.45, 2.75) is 13.8 Å². The summed E-state index contributed by atoms with van der Waals surface area (Å²) in [6, 6.07) is 14.0. The summed E-state index contributed by atoms with van der Waals surface area (Å²) in [5.74, 6) is 1.55. The number of nitrogens with zero attached hydrogens (tertiary/aromatic N) is 2. The van der Waals surface area contributed by atoms with Crippen LogP contribution in [0.3, 0.4) is 0 Å². The number of rotatable bonds is 3. The van der Waals surface area contributed by atoms with Gasteiger partial charge in [0.25, 0.3) is 0 Å². The standard InChI is InChI=1S/C18H16N4O/c1-11-8-9-19-14(10-11)20-16-15-12(2)21-22-18(15)23-17(16)13-6-4-3-5-7-13/h3-10H,1-2H3,(H,19,20)(H,21,22). The maximum atomic E-state index is 5.98. The van der Waals surface area contributed by atoms with Gasteiger partial charge in [0.2, 0.25) is 5.71 Å². The van der Waals surface area contributed by atoms with Gasteiger partial charge in [-0.05, 0) is 31.5 Å². The van der Waals surface area contributed by atoms with E-state index in [1.165, 1.54) is 0 Å². The van der Waals surface area contributed by atoms with Gasteiger partial charge in [0.15, 0.2) is 5.76 Å². The molecule has 0 bridgehead atoms. The molecular formula is C18H16N4O. The van der Waals surface area contributed by atoms with Crippen molar-refractivity contribution in [1.82, 2.24) is 15.2 Å². The van der Waals surface area contributed by atoms with Gasteiger partial charge in [-0.3, -0.25) is 5.10 Å². The molecule has 3 heterocycles. The number of aryl methyl sites for hydroxylation is 2. The van der Waals surface area contributed by atoms with E-state index in [1.807, 2.05) is 56.3 Å². The van der Waals surface area contributed by atoms with Crippen LogP contribution in [0.5, 0.6) is 0 Å². The predicted molar refractivity (Wildman–Crippen MR) is 90.8 cm³/mol. The maximum absolute atomic E-state index is 5.98. The van der Waals surface area contributed by atoms with Crippen molar-refractivity contribution in [3.8, 4) is 11.3 Å². The topological polar surface area (TPSA) is 66.7 Å². The first-order valence-corrected chi connectivity index (χ1v) is 7.45. The molecule has 0 radical (unpaired) electrons. The smallest absolute Gasteiger partial charge is 0.247 e. The number of furan rings is 1. The van der Waals surface area contributed by atoms with Crippen LogP contribution in [0.2, 0.25) is 0 Å². The fraction of sp³-hybridized carbons (Fsp3) is 0.111. The van der Waals surface area contributed by atoms with E-state index in [2.05, 4.69) is 20.5 Å². The fourth-order valence-electron chi connectivity index (χ4n) is 2.68. The van der Waals surface area contributed by atoms with Crippen LogP contribution in [0.15, 0.2) is 53.1 Å². The predicted octanol–water partition coefficient (Wildman–Crippen LogP) is 4.58. The molecule has 0 fully saturated rings. The highest BCUT2D eigenvalue weighted by Gasteiger charge is 2.20. The first kappa shape index (κ1) is 13.6. The summed E-state index contributed by atoms with van der Waals surface area (Å²) in [5, 5.41) is 11.5. The summed E-state index contributed by atoms with van der Waals surface area (Å²) >= 11 is 0. The molecule has 0 unspecified atom stereocenters. The summed E-state index contributed by atoms with van der Waals surface area (Å²) in [4.78, 5) is 4.39. The van der Waals surface area contributed by atoms with Crippen molar-refractivity contribution in [3.63, 3.8) is 0 Å². The maximum Gasteiger partial charge on any atom is 0.247 e. The van der Waals surface area contributed by atoms with Crippen molar-refractivity contribution in [1.29, 1.82) is 0 Å². The van der Waals surface area contributed by atoms with E-state index >= 15 is 0 Å². The fourth-order valence-corrected chi connectivity index (χ4v) is 2.68. The van der Waals surface area contributed by atoms with E-state index < -0.39 is 0 Å². The normalized spacial score (nSPS) is 11.0. The average Bonchev–Trinajstić information content (AvgIpc) is 3.09. The molecule has 3 aromatic heterocycles. The molecule has 114 valence electrons. The Balaban J connectivity index is 1.90. The van der Waals surface area contributed by atoms with Gasteiger partial charge in [0, 0.05) is 17.5 Å². The number of aromatic nitrogens is 3. The van der Waals surface area contributed by atoms with Crippen LogP contribution in [0, 0.1) is 13.8 Å². The molecule has 5 heteroatoms. The molecule has 4 aromatic rings. The lowest BCUT2D eigenvalue weighted by Crippen LogP contribution is -1.95. The zero-order valence-electron chi connectivity index (χ0n) is 12.9. The molecular weight excluding hydrogens is 288 g/mol. The molecule has 0 aliphatic rings. The molecule has 4 rings (SSSR count). The molecule has 1 aromatic carbocycles. The summed E-state index contributed by atoms with van der Waals surface area (Å²) in [6.45, 7) is 4.02. The van der Waals surface area contributed by atoms with Crippen LogP contribution < -0.4 is 5.32 Å². The lowest BCUT2D eigenvalue weighted by molar-refractivity contribution is 0.615. The molecule has 0 saturated carbocycles. The zero-order chi connectivity index (χ0) is 15.8. The van der Waals surface area contributed by atoms with Gasteiger partial charge in [0.05, 0.1) is 11.1 Å². The average molecular weight is 304 g/mol. The number of pyridine rings is 1. The van der Waals surface area contributed by atoms with Gasteiger partial charge in [-0.15, -0.1) is 5.10 Å². The van der Waals surface area contributed by atoms with Crippen molar-refractivity contribution in [3.05, 3.63) is 59.9 Å². The van der Waals surface area contributed by atoms with Crippen molar-refractivity contribution in [2.24, 2.45) is 0 Å². The minimum atomic E-state index is 0.594. The lowest BCUT2D eigenvalue weighted by Gasteiger charge is -2.07. The second-order valence-corrected chi connectivity index (χ2v) is 5.54. The minimum Gasteiger partial charge on any atom is -0.434 e. The van der Waals surface area contributed by atoms with Crippen LogP contribution >= 0.6 is 0 Å². The first-order chi connectivity index (χ1) is 11.2. The Bertz CT molecular complexity index is 969. The molecule has 2 N–H and O–H groups in total. The Morgan fingerprint density at radius 2 is 1.91 bits per heavy atom. The van der Waals surface area contributed by atoms with E-state index in [0.29, 0.717) is 5.71 Å². The lowest BCUT2D eigenvalue weighted by atomic mass is 10.1. The number of fused-ring (bicyclic) bond motifs is 1. The van der Waals surface area contributed by atoms with Crippen molar-refractivity contribution in [2.75, 3.05) is 5.32 Å². The number of aromatic amines is 1. The highest BCUT2D eigenvalue weighted by molar-refractivity contribution is 6.00. The van der Waals surface area contributed by atoms with Crippen molar-refractivity contribution >= 4 is 22.6 Å². The molecule has 0 atom stereocenters. The monoisotopic (exact) mass is 304 g/mol. The number of hydrogen-bond acceptors (Lipinski definition) is 4. The number of hydrogen-bond donors (Lipinski definition) is 2. The Morgan fingerprint density at radius 3 is 2.70 bits per heavy atom. The molecule has 0 spiro atoms. The molecule has 0 saturated heterocycles. The van der Waals surface area contributed by atoms with Crippen molar-refractivity contribution < 1.29 is 4.42 Å². The number of anilines is 2. The number of nitrogens with one attached hydrogen (secondary N) is 2. The van der Waals surface area contributed by atoms with E-state index in [4.69, 9.17) is 4.42 Å². The second kappa shape index (κ2) is 5.28. The summed E-state index contributed by atoms with van der Waals surface area (Å²) < 4.78 is 5.98. The van der Waals surface area contributed by atoms with E-state index in [-0.39, 0.29) is 0 Å². The van der Waals surface area contributed by atoms with Crippen LogP contribution in [0.4, 0.5) is 11.5 Å². The first-order valence-electron chi connectivity index (χ1n) is 7.45. The highest BCUT2D eigenvalue weighted by atomic mass is 16.3. The van der Waals surface area contributed by atoms with Crippen LogP contribution in [-0.2, 0) is 0 Å². The van der Waals surface area contributed by atoms with Gasteiger partial charge in [-0.25, -0.2) is 4.98 Å². The third-order valence-corrected chi connectivity index (χ3v) is 3.79. The summed E-state index contributed by atoms with van der Waals surface area (Å²) in [7, 11) is 0. The van der Waals surface area contributed by atoms with E-state index in [1.54, 1.807) is 6.20 Å². The van der Waals surface area contributed by atoms with E-state index in [9.17, 15) is 0 Å². The Hall–Kier alpha value is -3.08. The largest absolute Gasteiger partial charge is 0.434 e.